The van der Waals surface area contributed by atoms with Crippen LogP contribution in [0.25, 0.3) is 0 Å². The molecular formula is C19H30N2O4. The molecule has 3 N–H and O–H groups in total. The van der Waals surface area contributed by atoms with Gasteiger partial charge in [0.25, 0.3) is 0 Å². The lowest BCUT2D eigenvalue weighted by molar-refractivity contribution is -0.123. The van der Waals surface area contributed by atoms with Gasteiger partial charge in [-0.1, -0.05) is 26.0 Å². The van der Waals surface area contributed by atoms with E-state index in [1.807, 2.05) is 0 Å². The van der Waals surface area contributed by atoms with Crippen molar-refractivity contribution >= 4 is 12.0 Å². The van der Waals surface area contributed by atoms with Gasteiger partial charge in [0.15, 0.2) is 0 Å². The Hall–Kier alpha value is -2.24. The topological polar surface area (TPSA) is 87.7 Å². The number of alkyl carbamates (subject to hydrolysis) is 1. The van der Waals surface area contributed by atoms with E-state index >= 15 is 0 Å². The molecule has 0 saturated heterocycles. The second kappa shape index (κ2) is 9.30. The van der Waals surface area contributed by atoms with Crippen LogP contribution in [0.5, 0.6) is 5.75 Å². The number of benzene rings is 1. The summed E-state index contributed by atoms with van der Waals surface area (Å²) in [6, 6.07) is 5.81. The van der Waals surface area contributed by atoms with Crippen molar-refractivity contribution in [1.82, 2.24) is 10.6 Å². The van der Waals surface area contributed by atoms with E-state index in [1.54, 1.807) is 45.0 Å². The Balaban J connectivity index is 2.76. The molecular weight excluding hydrogens is 320 g/mol. The monoisotopic (exact) mass is 350 g/mol. The van der Waals surface area contributed by atoms with Crippen molar-refractivity contribution in [3.63, 3.8) is 0 Å². The zero-order valence-corrected chi connectivity index (χ0v) is 15.8. The van der Waals surface area contributed by atoms with Gasteiger partial charge in [0.05, 0.1) is 0 Å². The molecule has 140 valence electrons. The maximum atomic E-state index is 12.5. The number of nitrogens with one attached hydrogen (secondary N) is 2. The molecule has 0 fully saturated rings. The number of rotatable bonds is 7. The van der Waals surface area contributed by atoms with E-state index in [-0.39, 0.29) is 11.7 Å². The highest BCUT2D eigenvalue weighted by Gasteiger charge is 2.24. The maximum absolute atomic E-state index is 12.5. The van der Waals surface area contributed by atoms with Gasteiger partial charge < -0.3 is 20.5 Å². The number of phenols is 1. The lowest BCUT2D eigenvalue weighted by Gasteiger charge is -2.23. The van der Waals surface area contributed by atoms with Crippen LogP contribution in [0.15, 0.2) is 24.3 Å². The number of carbonyl (C=O) groups is 2. The number of hydrogen-bond donors (Lipinski definition) is 3. The van der Waals surface area contributed by atoms with Crippen molar-refractivity contribution < 1.29 is 19.4 Å². The van der Waals surface area contributed by atoms with Gasteiger partial charge in [0.1, 0.15) is 17.4 Å². The van der Waals surface area contributed by atoms with Crippen LogP contribution in [-0.2, 0) is 16.0 Å². The minimum absolute atomic E-state index is 0.154. The summed E-state index contributed by atoms with van der Waals surface area (Å²) in [7, 11) is 0. The molecule has 0 aliphatic heterocycles. The van der Waals surface area contributed by atoms with Gasteiger partial charge in [-0.25, -0.2) is 4.79 Å². The van der Waals surface area contributed by atoms with Crippen molar-refractivity contribution in [3.8, 4) is 5.75 Å². The number of ether oxygens (including phenoxy) is 1. The second-order valence-corrected chi connectivity index (χ2v) is 7.54. The van der Waals surface area contributed by atoms with Gasteiger partial charge in [-0.3, -0.25) is 4.79 Å². The van der Waals surface area contributed by atoms with E-state index in [4.69, 9.17) is 4.74 Å². The van der Waals surface area contributed by atoms with Crippen LogP contribution in [0.4, 0.5) is 4.79 Å². The fourth-order valence-electron chi connectivity index (χ4n) is 2.13. The zero-order valence-electron chi connectivity index (χ0n) is 15.8. The smallest absolute Gasteiger partial charge is 0.408 e. The number of amides is 2. The molecule has 6 heteroatoms. The highest BCUT2D eigenvalue weighted by Crippen LogP contribution is 2.12. The highest BCUT2D eigenvalue weighted by atomic mass is 16.6. The average Bonchev–Trinajstić information content (AvgIpc) is 2.46. The zero-order chi connectivity index (χ0) is 19.0. The molecule has 0 aliphatic rings. The van der Waals surface area contributed by atoms with E-state index in [0.29, 0.717) is 18.9 Å². The molecule has 0 unspecified atom stereocenters. The summed E-state index contributed by atoms with van der Waals surface area (Å²) in [6.45, 7) is 10.0. The molecule has 0 aliphatic carbocycles. The predicted molar refractivity (Wildman–Crippen MR) is 97.4 cm³/mol. The first kappa shape index (κ1) is 20.8. The van der Waals surface area contributed by atoms with E-state index < -0.39 is 17.7 Å². The van der Waals surface area contributed by atoms with Crippen molar-refractivity contribution in [2.24, 2.45) is 5.92 Å². The summed E-state index contributed by atoms with van der Waals surface area (Å²) < 4.78 is 5.25. The Labute approximate surface area is 150 Å². The number of hydrogen-bond acceptors (Lipinski definition) is 4. The normalized spacial score (nSPS) is 12.6. The molecule has 1 atom stereocenters. The summed E-state index contributed by atoms with van der Waals surface area (Å²) in [6.07, 6.45) is 0.548. The quantitative estimate of drug-likeness (QED) is 0.705. The van der Waals surface area contributed by atoms with Gasteiger partial charge in [-0.15, -0.1) is 0 Å². The summed E-state index contributed by atoms with van der Waals surface area (Å²) in [5, 5.41) is 14.9. The Morgan fingerprint density at radius 3 is 2.28 bits per heavy atom. The molecule has 0 heterocycles. The largest absolute Gasteiger partial charge is 0.508 e. The first-order chi connectivity index (χ1) is 11.6. The molecule has 1 rings (SSSR count). The number of phenolic OH excluding ortho intramolecular Hbond substituents is 1. The van der Waals surface area contributed by atoms with E-state index in [9.17, 15) is 14.7 Å². The molecule has 25 heavy (non-hydrogen) atoms. The van der Waals surface area contributed by atoms with E-state index in [1.165, 1.54) is 0 Å². The van der Waals surface area contributed by atoms with E-state index in [2.05, 4.69) is 24.5 Å². The summed E-state index contributed by atoms with van der Waals surface area (Å²) >= 11 is 0. The minimum atomic E-state index is -0.744. The molecule has 0 bridgehead atoms. The van der Waals surface area contributed by atoms with Crippen molar-refractivity contribution in [1.29, 1.82) is 0 Å². The molecule has 0 radical (unpaired) electrons. The van der Waals surface area contributed by atoms with Gasteiger partial charge in [0.2, 0.25) is 5.91 Å². The third-order valence-corrected chi connectivity index (χ3v) is 3.40. The predicted octanol–water partition coefficient (Wildman–Crippen LogP) is 2.99. The van der Waals surface area contributed by atoms with Crippen LogP contribution < -0.4 is 10.6 Å². The first-order valence-electron chi connectivity index (χ1n) is 8.62. The Morgan fingerprint density at radius 1 is 1.16 bits per heavy atom. The number of carbonyl (C=O) groups excluding carboxylic acids is 2. The van der Waals surface area contributed by atoms with Gasteiger partial charge in [-0.2, -0.15) is 0 Å². The minimum Gasteiger partial charge on any atom is -0.508 e. The van der Waals surface area contributed by atoms with Crippen molar-refractivity contribution in [2.75, 3.05) is 6.54 Å². The molecule has 6 nitrogen and oxygen atoms in total. The van der Waals surface area contributed by atoms with Crippen LogP contribution >= 0.6 is 0 Å². The summed E-state index contributed by atoms with van der Waals surface area (Å²) in [5.74, 6) is 0.385. The lowest BCUT2D eigenvalue weighted by Crippen LogP contribution is -2.49. The molecule has 2 amide bonds. The molecule has 1 aromatic rings. The number of aromatic hydroxyl groups is 1. The Bertz CT molecular complexity index is 562. The summed E-state index contributed by atoms with van der Waals surface area (Å²) in [5.41, 5.74) is 0.194. The van der Waals surface area contributed by atoms with Crippen LogP contribution in [0, 0.1) is 5.92 Å². The molecule has 0 spiro atoms. The van der Waals surface area contributed by atoms with Crippen LogP contribution in [0.1, 0.15) is 46.6 Å². The fraction of sp³-hybridized carbons (Fsp3) is 0.579. The SMILES string of the molecule is CC(C)CCNC(=O)[C@H](Cc1ccc(O)cc1)NC(=O)OC(C)(C)C. The highest BCUT2D eigenvalue weighted by molar-refractivity contribution is 5.86. The first-order valence-corrected chi connectivity index (χ1v) is 8.62. The molecule has 0 saturated carbocycles. The van der Waals surface area contributed by atoms with Crippen molar-refractivity contribution in [3.05, 3.63) is 29.8 Å². The molecule has 1 aromatic carbocycles. The van der Waals surface area contributed by atoms with Gasteiger partial charge in [-0.05, 0) is 50.8 Å². The second-order valence-electron chi connectivity index (χ2n) is 7.54. The molecule has 0 aromatic heterocycles. The standard InChI is InChI=1S/C19H30N2O4/c1-13(2)10-11-20-17(23)16(21-18(24)25-19(3,4)5)12-14-6-8-15(22)9-7-14/h6-9,13,16,22H,10-12H2,1-5H3,(H,20,23)(H,21,24)/t16-/m0/s1. The Kier molecular flexibility index (Phi) is 7.74. The van der Waals surface area contributed by atoms with Crippen LogP contribution in [0.2, 0.25) is 0 Å². The lowest BCUT2D eigenvalue weighted by atomic mass is 10.0. The fourth-order valence-corrected chi connectivity index (χ4v) is 2.13. The maximum Gasteiger partial charge on any atom is 0.408 e. The third kappa shape index (κ3) is 8.98. The van der Waals surface area contributed by atoms with Crippen molar-refractivity contribution in [2.45, 2.75) is 59.1 Å². The van der Waals surface area contributed by atoms with E-state index in [0.717, 1.165) is 12.0 Å². The third-order valence-electron chi connectivity index (χ3n) is 3.40. The van der Waals surface area contributed by atoms with Gasteiger partial charge in [0, 0.05) is 13.0 Å². The van der Waals surface area contributed by atoms with Gasteiger partial charge >= 0.3 is 6.09 Å². The van der Waals surface area contributed by atoms with Crippen LogP contribution in [0.3, 0.4) is 0 Å². The average molecular weight is 350 g/mol. The van der Waals surface area contributed by atoms with Crippen LogP contribution in [-0.4, -0.2) is 35.3 Å². The Morgan fingerprint density at radius 2 is 1.76 bits per heavy atom. The summed E-state index contributed by atoms with van der Waals surface area (Å²) in [4.78, 5) is 24.5.